The topological polar surface area (TPSA) is 16.1 Å². The second-order valence-corrected chi connectivity index (χ2v) is 5.41. The maximum atomic E-state index is 6.02. The minimum Gasteiger partial charge on any atom is -0.353 e. The van der Waals surface area contributed by atoms with Crippen molar-refractivity contribution in [1.82, 2.24) is 4.98 Å². The average Bonchev–Trinajstić information content (AvgIpc) is 2.37. The molecule has 0 amide bonds. The predicted octanol–water partition coefficient (Wildman–Crippen LogP) is 4.69. The van der Waals surface area contributed by atoms with E-state index in [4.69, 9.17) is 11.6 Å². The normalized spacial score (nSPS) is 12.2. The van der Waals surface area contributed by atoms with Gasteiger partial charge < -0.3 is 4.90 Å². The molecule has 0 aliphatic heterocycles. The average molecular weight is 326 g/mol. The molecule has 0 aliphatic rings. The maximum absolute atomic E-state index is 6.02. The first kappa shape index (κ1) is 13.4. The number of anilines is 1. The molecule has 0 saturated carbocycles. The molecule has 2 nitrogen and oxygen atoms in total. The Balaban J connectivity index is 2.26. The molecule has 1 unspecified atom stereocenters. The fraction of sp³-hybridized carbons (Fsp3) is 0.214. The van der Waals surface area contributed by atoms with E-state index >= 15 is 0 Å². The van der Waals surface area contributed by atoms with Crippen LogP contribution in [-0.4, -0.2) is 12.0 Å². The predicted molar refractivity (Wildman–Crippen MR) is 80.2 cm³/mol. The summed E-state index contributed by atoms with van der Waals surface area (Å²) in [6, 6.07) is 14.0. The van der Waals surface area contributed by atoms with Crippen molar-refractivity contribution in [1.29, 1.82) is 0 Å². The Morgan fingerprint density at radius 1 is 1.22 bits per heavy atom. The highest BCUT2D eigenvalue weighted by Crippen LogP contribution is 2.26. The van der Waals surface area contributed by atoms with E-state index in [9.17, 15) is 0 Å². The van der Waals surface area contributed by atoms with Gasteiger partial charge in [0.1, 0.15) is 10.4 Å². The highest BCUT2D eigenvalue weighted by atomic mass is 79.9. The van der Waals surface area contributed by atoms with Crippen LogP contribution in [0.4, 0.5) is 5.82 Å². The number of benzene rings is 1. The number of pyridine rings is 1. The highest BCUT2D eigenvalue weighted by molar-refractivity contribution is 9.10. The molecule has 0 saturated heterocycles. The molecule has 1 aromatic heterocycles. The molecule has 0 N–H and O–H groups in total. The van der Waals surface area contributed by atoms with Crippen molar-refractivity contribution >= 4 is 33.3 Å². The fourth-order valence-electron chi connectivity index (χ4n) is 1.78. The SMILES string of the molecule is CC(c1cccc(Cl)c1)N(C)c1cccc(Br)n1. The summed E-state index contributed by atoms with van der Waals surface area (Å²) in [5.41, 5.74) is 1.17. The molecular weight excluding hydrogens is 312 g/mol. The zero-order valence-electron chi connectivity index (χ0n) is 10.3. The second-order valence-electron chi connectivity index (χ2n) is 4.16. The number of rotatable bonds is 3. The van der Waals surface area contributed by atoms with E-state index in [-0.39, 0.29) is 6.04 Å². The van der Waals surface area contributed by atoms with Gasteiger partial charge in [-0.3, -0.25) is 0 Å². The lowest BCUT2D eigenvalue weighted by Crippen LogP contribution is -2.22. The van der Waals surface area contributed by atoms with Crippen LogP contribution in [0.5, 0.6) is 0 Å². The Hall–Kier alpha value is -1.06. The van der Waals surface area contributed by atoms with Crippen LogP contribution < -0.4 is 4.90 Å². The lowest BCUT2D eigenvalue weighted by atomic mass is 10.1. The smallest absolute Gasteiger partial charge is 0.130 e. The van der Waals surface area contributed by atoms with Crippen molar-refractivity contribution < 1.29 is 0 Å². The standard InChI is InChI=1S/C14H14BrClN2/c1-10(11-5-3-6-12(16)9-11)18(2)14-8-4-7-13(15)17-14/h3-10H,1-2H3. The highest BCUT2D eigenvalue weighted by Gasteiger charge is 2.13. The van der Waals surface area contributed by atoms with E-state index in [1.807, 2.05) is 43.4 Å². The van der Waals surface area contributed by atoms with Gasteiger partial charge in [0, 0.05) is 12.1 Å². The zero-order chi connectivity index (χ0) is 13.1. The van der Waals surface area contributed by atoms with Gasteiger partial charge in [0.2, 0.25) is 0 Å². The van der Waals surface area contributed by atoms with Gasteiger partial charge in [-0.05, 0) is 52.7 Å². The summed E-state index contributed by atoms with van der Waals surface area (Å²) in [4.78, 5) is 6.57. The Labute approximate surface area is 121 Å². The van der Waals surface area contributed by atoms with E-state index in [0.29, 0.717) is 0 Å². The molecule has 4 heteroatoms. The summed E-state index contributed by atoms with van der Waals surface area (Å²) in [6.45, 7) is 2.13. The van der Waals surface area contributed by atoms with E-state index in [1.54, 1.807) is 0 Å². The lowest BCUT2D eigenvalue weighted by molar-refractivity contribution is 0.728. The molecule has 0 radical (unpaired) electrons. The third kappa shape index (κ3) is 3.03. The third-order valence-electron chi connectivity index (χ3n) is 2.97. The first-order chi connectivity index (χ1) is 8.58. The van der Waals surface area contributed by atoms with E-state index in [1.165, 1.54) is 5.56 Å². The molecule has 94 valence electrons. The first-order valence-electron chi connectivity index (χ1n) is 5.69. The van der Waals surface area contributed by atoms with Crippen LogP contribution in [0, 0.1) is 0 Å². The van der Waals surface area contributed by atoms with Crippen LogP contribution in [0.2, 0.25) is 5.02 Å². The summed E-state index contributed by atoms with van der Waals surface area (Å²) in [7, 11) is 2.03. The number of nitrogens with zero attached hydrogens (tertiary/aromatic N) is 2. The van der Waals surface area contributed by atoms with Crippen LogP contribution in [0.3, 0.4) is 0 Å². The van der Waals surface area contributed by atoms with Gasteiger partial charge in [-0.2, -0.15) is 0 Å². The number of hydrogen-bond acceptors (Lipinski definition) is 2. The Bertz CT molecular complexity index is 495. The van der Waals surface area contributed by atoms with E-state index < -0.39 is 0 Å². The van der Waals surface area contributed by atoms with E-state index in [0.717, 1.165) is 15.4 Å². The molecule has 0 fully saturated rings. The molecule has 2 rings (SSSR count). The maximum Gasteiger partial charge on any atom is 0.130 e. The first-order valence-corrected chi connectivity index (χ1v) is 6.86. The van der Waals surface area contributed by atoms with Gasteiger partial charge in [0.15, 0.2) is 0 Å². The molecule has 0 spiro atoms. The summed E-state index contributed by atoms with van der Waals surface area (Å²) < 4.78 is 0.838. The number of halogens is 2. The van der Waals surface area contributed by atoms with Crippen molar-refractivity contribution in [3.05, 3.63) is 57.7 Å². The number of hydrogen-bond donors (Lipinski definition) is 0. The molecular formula is C14H14BrClN2. The Morgan fingerprint density at radius 3 is 2.61 bits per heavy atom. The second kappa shape index (κ2) is 5.72. The zero-order valence-corrected chi connectivity index (χ0v) is 12.6. The summed E-state index contributed by atoms with van der Waals surface area (Å²) >= 11 is 9.41. The van der Waals surface area contributed by atoms with Crippen molar-refractivity contribution in [2.45, 2.75) is 13.0 Å². The summed E-state index contributed by atoms with van der Waals surface area (Å²) in [5, 5.41) is 0.759. The monoisotopic (exact) mass is 324 g/mol. The van der Waals surface area contributed by atoms with E-state index in [2.05, 4.69) is 38.8 Å². The van der Waals surface area contributed by atoms with Crippen LogP contribution in [0.1, 0.15) is 18.5 Å². The fourth-order valence-corrected chi connectivity index (χ4v) is 2.32. The molecule has 18 heavy (non-hydrogen) atoms. The van der Waals surface area contributed by atoms with Crippen molar-refractivity contribution in [3.8, 4) is 0 Å². The van der Waals surface area contributed by atoms with Gasteiger partial charge in [-0.15, -0.1) is 0 Å². The van der Waals surface area contributed by atoms with Crippen LogP contribution >= 0.6 is 27.5 Å². The molecule has 2 aromatic rings. The Morgan fingerprint density at radius 2 is 1.94 bits per heavy atom. The van der Waals surface area contributed by atoms with Crippen LogP contribution in [-0.2, 0) is 0 Å². The van der Waals surface area contributed by atoms with Gasteiger partial charge in [0.05, 0.1) is 6.04 Å². The third-order valence-corrected chi connectivity index (χ3v) is 3.65. The molecule has 1 aromatic carbocycles. The Kier molecular flexibility index (Phi) is 4.25. The molecule has 1 heterocycles. The van der Waals surface area contributed by atoms with Gasteiger partial charge >= 0.3 is 0 Å². The molecule has 0 bridgehead atoms. The quantitative estimate of drug-likeness (QED) is 0.761. The lowest BCUT2D eigenvalue weighted by Gasteiger charge is -2.26. The van der Waals surface area contributed by atoms with Crippen molar-refractivity contribution in [2.24, 2.45) is 0 Å². The summed E-state index contributed by atoms with van der Waals surface area (Å²) in [6.07, 6.45) is 0. The largest absolute Gasteiger partial charge is 0.353 e. The van der Waals surface area contributed by atoms with Gasteiger partial charge in [-0.1, -0.05) is 29.8 Å². The van der Waals surface area contributed by atoms with Crippen molar-refractivity contribution in [3.63, 3.8) is 0 Å². The molecule has 1 atom stereocenters. The minimum atomic E-state index is 0.213. The van der Waals surface area contributed by atoms with Crippen molar-refractivity contribution in [2.75, 3.05) is 11.9 Å². The van der Waals surface area contributed by atoms with Gasteiger partial charge in [-0.25, -0.2) is 4.98 Å². The number of aromatic nitrogens is 1. The molecule has 0 aliphatic carbocycles. The summed E-state index contributed by atoms with van der Waals surface area (Å²) in [5.74, 6) is 0.928. The minimum absolute atomic E-state index is 0.213. The van der Waals surface area contributed by atoms with Crippen LogP contribution in [0.15, 0.2) is 47.1 Å². The van der Waals surface area contributed by atoms with Crippen LogP contribution in [0.25, 0.3) is 0 Å². The van der Waals surface area contributed by atoms with Gasteiger partial charge in [0.25, 0.3) is 0 Å².